The Morgan fingerprint density at radius 2 is 1.88 bits per heavy atom. The van der Waals surface area contributed by atoms with Crippen molar-refractivity contribution in [2.75, 3.05) is 19.6 Å². The lowest BCUT2D eigenvalue weighted by atomic mass is 9.92. The lowest BCUT2D eigenvalue weighted by Gasteiger charge is -2.37. The summed E-state index contributed by atoms with van der Waals surface area (Å²) in [6.07, 6.45) is 2.28. The Morgan fingerprint density at radius 1 is 1.16 bits per heavy atom. The van der Waals surface area contributed by atoms with Crippen molar-refractivity contribution < 1.29 is 13.2 Å². The molecule has 0 N–H and O–H groups in total. The van der Waals surface area contributed by atoms with Crippen LogP contribution in [0.1, 0.15) is 27.6 Å². The average Bonchev–Trinajstić information content (AvgIpc) is 3.28. The molecule has 1 aliphatic rings. The van der Waals surface area contributed by atoms with Crippen LogP contribution in [0.3, 0.4) is 0 Å². The number of benzene rings is 2. The van der Waals surface area contributed by atoms with Gasteiger partial charge in [-0.15, -0.1) is 17.9 Å². The van der Waals surface area contributed by atoms with E-state index in [1.807, 2.05) is 24.0 Å². The van der Waals surface area contributed by atoms with Gasteiger partial charge in [-0.25, -0.2) is 8.42 Å². The van der Waals surface area contributed by atoms with Gasteiger partial charge >= 0.3 is 0 Å². The van der Waals surface area contributed by atoms with E-state index in [9.17, 15) is 13.2 Å². The fourth-order valence-corrected chi connectivity index (χ4v) is 6.35. The highest BCUT2D eigenvalue weighted by molar-refractivity contribution is 7.89. The number of hydrogen-bond donors (Lipinski definition) is 0. The summed E-state index contributed by atoms with van der Waals surface area (Å²) in [7, 11) is -3.82. The Kier molecular flexibility index (Phi) is 6.60. The minimum absolute atomic E-state index is 0.0652. The van der Waals surface area contributed by atoms with Crippen molar-refractivity contribution in [3.8, 4) is 0 Å². The number of amides is 1. The molecule has 0 saturated heterocycles. The average molecular weight is 467 g/mol. The molecule has 0 spiro atoms. The van der Waals surface area contributed by atoms with E-state index in [0.29, 0.717) is 6.54 Å². The highest BCUT2D eigenvalue weighted by atomic mass is 32.2. The van der Waals surface area contributed by atoms with Gasteiger partial charge in [-0.3, -0.25) is 4.79 Å². The van der Waals surface area contributed by atoms with Crippen molar-refractivity contribution >= 4 is 27.3 Å². The van der Waals surface area contributed by atoms with Crippen LogP contribution in [0, 0.1) is 6.92 Å². The molecular weight excluding hydrogens is 440 g/mol. The summed E-state index contributed by atoms with van der Waals surface area (Å²) in [5.74, 6) is -0.214. The van der Waals surface area contributed by atoms with Crippen molar-refractivity contribution in [1.82, 2.24) is 9.21 Å². The summed E-state index contributed by atoms with van der Waals surface area (Å²) in [6.45, 7) is 6.11. The van der Waals surface area contributed by atoms with Crippen molar-refractivity contribution in [3.63, 3.8) is 0 Å². The molecule has 166 valence electrons. The SMILES string of the molecule is C=CCN(CC(=O)N1CCc2sccc2C1c1ccc(C)cc1)S(=O)(=O)c1ccccc1. The van der Waals surface area contributed by atoms with Crippen molar-refractivity contribution in [1.29, 1.82) is 0 Å². The number of aryl methyl sites for hydroxylation is 1. The van der Waals surface area contributed by atoms with Crippen LogP contribution in [0.5, 0.6) is 0 Å². The molecule has 3 aromatic rings. The predicted octanol–water partition coefficient (Wildman–Crippen LogP) is 4.41. The summed E-state index contributed by atoms with van der Waals surface area (Å²) in [4.78, 5) is 16.8. The number of hydrogen-bond acceptors (Lipinski definition) is 4. The molecule has 32 heavy (non-hydrogen) atoms. The Bertz CT molecular complexity index is 1200. The maximum Gasteiger partial charge on any atom is 0.243 e. The Hall–Kier alpha value is -2.74. The number of nitrogens with zero attached hydrogens (tertiary/aromatic N) is 2. The summed E-state index contributed by atoms with van der Waals surface area (Å²) in [5, 5.41) is 2.06. The zero-order valence-electron chi connectivity index (χ0n) is 18.0. The van der Waals surface area contributed by atoms with E-state index >= 15 is 0 Å². The van der Waals surface area contributed by atoms with Crippen LogP contribution in [0.15, 0.2) is 83.6 Å². The fraction of sp³-hybridized carbons (Fsp3) is 0.240. The molecule has 0 bridgehead atoms. The second-order valence-electron chi connectivity index (χ2n) is 7.85. The van der Waals surface area contributed by atoms with Gasteiger partial charge in [0.25, 0.3) is 0 Å². The molecule has 0 radical (unpaired) electrons. The maximum atomic E-state index is 13.5. The van der Waals surface area contributed by atoms with E-state index in [4.69, 9.17) is 0 Å². The Morgan fingerprint density at radius 3 is 2.56 bits per heavy atom. The van der Waals surface area contributed by atoms with Gasteiger partial charge in [0.05, 0.1) is 17.5 Å². The molecule has 1 aromatic heterocycles. The van der Waals surface area contributed by atoms with Gasteiger partial charge < -0.3 is 4.90 Å². The molecule has 2 aromatic carbocycles. The lowest BCUT2D eigenvalue weighted by Crippen LogP contribution is -2.46. The van der Waals surface area contributed by atoms with E-state index in [1.165, 1.54) is 15.3 Å². The van der Waals surface area contributed by atoms with E-state index in [1.54, 1.807) is 41.7 Å². The molecule has 1 atom stereocenters. The van der Waals surface area contributed by atoms with Crippen molar-refractivity contribution in [2.45, 2.75) is 24.3 Å². The molecule has 1 amide bonds. The Labute approximate surface area is 193 Å². The summed E-state index contributed by atoms with van der Waals surface area (Å²) in [6, 6.07) is 18.3. The summed E-state index contributed by atoms with van der Waals surface area (Å²) < 4.78 is 27.6. The maximum absolute atomic E-state index is 13.5. The highest BCUT2D eigenvalue weighted by Gasteiger charge is 2.35. The molecule has 7 heteroatoms. The van der Waals surface area contributed by atoms with Gasteiger partial charge in [-0.05, 0) is 48.1 Å². The number of carbonyl (C=O) groups is 1. The second kappa shape index (κ2) is 9.40. The smallest absolute Gasteiger partial charge is 0.243 e. The first-order valence-electron chi connectivity index (χ1n) is 10.5. The number of thiophene rings is 1. The highest BCUT2D eigenvalue weighted by Crippen LogP contribution is 2.38. The third-order valence-corrected chi connectivity index (χ3v) is 8.53. The van der Waals surface area contributed by atoms with Gasteiger partial charge in [0.2, 0.25) is 15.9 Å². The number of rotatable bonds is 7. The van der Waals surface area contributed by atoms with Crippen LogP contribution in [-0.2, 0) is 21.2 Å². The van der Waals surface area contributed by atoms with Crippen LogP contribution >= 0.6 is 11.3 Å². The van der Waals surface area contributed by atoms with Gasteiger partial charge in [-0.2, -0.15) is 4.31 Å². The first-order chi connectivity index (χ1) is 15.4. The molecule has 5 nitrogen and oxygen atoms in total. The molecule has 1 aliphatic heterocycles. The first-order valence-corrected chi connectivity index (χ1v) is 12.8. The van der Waals surface area contributed by atoms with Crippen molar-refractivity contribution in [2.24, 2.45) is 0 Å². The molecule has 0 aliphatic carbocycles. The zero-order valence-corrected chi connectivity index (χ0v) is 19.6. The predicted molar refractivity (Wildman–Crippen MR) is 128 cm³/mol. The van der Waals surface area contributed by atoms with Crippen LogP contribution < -0.4 is 0 Å². The molecule has 0 fully saturated rings. The van der Waals surface area contributed by atoms with Gasteiger partial charge in [0, 0.05) is 18.0 Å². The first kappa shape index (κ1) is 22.5. The van der Waals surface area contributed by atoms with Crippen LogP contribution in [0.2, 0.25) is 0 Å². The van der Waals surface area contributed by atoms with Crippen LogP contribution in [0.4, 0.5) is 0 Å². The van der Waals surface area contributed by atoms with Crippen LogP contribution in [0.25, 0.3) is 0 Å². The van der Waals surface area contributed by atoms with Gasteiger partial charge in [0.1, 0.15) is 0 Å². The number of fused-ring (bicyclic) bond motifs is 1. The molecule has 4 rings (SSSR count). The van der Waals surface area contributed by atoms with E-state index in [-0.39, 0.29) is 29.9 Å². The minimum atomic E-state index is -3.82. The number of carbonyl (C=O) groups excluding carboxylic acids is 1. The molecule has 1 unspecified atom stereocenters. The second-order valence-corrected chi connectivity index (χ2v) is 10.8. The summed E-state index contributed by atoms with van der Waals surface area (Å²) in [5.41, 5.74) is 3.31. The molecule has 2 heterocycles. The zero-order chi connectivity index (χ0) is 22.7. The van der Waals surface area contributed by atoms with E-state index in [0.717, 1.165) is 23.1 Å². The Balaban J connectivity index is 1.65. The third kappa shape index (κ3) is 4.41. The quantitative estimate of drug-likeness (QED) is 0.485. The summed E-state index contributed by atoms with van der Waals surface area (Å²) >= 11 is 1.71. The minimum Gasteiger partial charge on any atom is -0.330 e. The largest absolute Gasteiger partial charge is 0.330 e. The topological polar surface area (TPSA) is 57.7 Å². The lowest BCUT2D eigenvalue weighted by molar-refractivity contribution is -0.133. The fourth-order valence-electron chi connectivity index (χ4n) is 4.07. The monoisotopic (exact) mass is 466 g/mol. The van der Waals surface area contributed by atoms with Crippen molar-refractivity contribution in [3.05, 3.63) is 100 Å². The number of sulfonamides is 1. The standard InChI is InChI=1S/C25H26N2O3S2/c1-3-15-26(32(29,30)21-7-5-4-6-8-21)18-24(28)27-16-13-23-22(14-17-31-23)25(27)20-11-9-19(2)10-12-20/h3-12,14,17,25H,1,13,15-16,18H2,2H3. The van der Waals surface area contributed by atoms with E-state index < -0.39 is 10.0 Å². The normalized spacial score (nSPS) is 16.1. The third-order valence-electron chi connectivity index (χ3n) is 5.70. The molecular formula is C25H26N2O3S2. The van der Waals surface area contributed by atoms with E-state index in [2.05, 4.69) is 30.2 Å². The van der Waals surface area contributed by atoms with Gasteiger partial charge in [0.15, 0.2) is 0 Å². The van der Waals surface area contributed by atoms with Crippen LogP contribution in [-0.4, -0.2) is 43.2 Å². The van der Waals surface area contributed by atoms with Gasteiger partial charge in [-0.1, -0.05) is 54.1 Å². The molecule has 0 saturated carbocycles.